The van der Waals surface area contributed by atoms with Gasteiger partial charge in [0.1, 0.15) is 11.5 Å². The smallest absolute Gasteiger partial charge is 0.133 e. The molecule has 2 aromatic rings. The highest BCUT2D eigenvalue weighted by Crippen LogP contribution is 2.37. The molecule has 0 aliphatic rings. The van der Waals surface area contributed by atoms with Crippen LogP contribution < -0.4 is 15.2 Å². The molecule has 0 spiro atoms. The number of benzene rings is 2. The molecule has 0 radical (unpaired) electrons. The number of halogens is 1. The quantitative estimate of drug-likeness (QED) is 0.616. The number of hydrogen-bond donors (Lipinski definition) is 1. The Kier molecular flexibility index (Phi) is 5.42. The number of hydrogen-bond acceptors (Lipinski definition) is 4. The van der Waals surface area contributed by atoms with Crippen molar-refractivity contribution >= 4 is 33.4 Å². The lowest BCUT2D eigenvalue weighted by Crippen LogP contribution is -1.95. The fourth-order valence-electron chi connectivity index (χ4n) is 1.96. The van der Waals surface area contributed by atoms with Crippen molar-refractivity contribution in [1.82, 2.24) is 0 Å². The molecule has 2 aromatic carbocycles. The first-order valence-electron chi connectivity index (χ1n) is 6.44. The van der Waals surface area contributed by atoms with Crippen LogP contribution in [0.2, 0.25) is 0 Å². The van der Waals surface area contributed by atoms with Crippen molar-refractivity contribution in [3.05, 3.63) is 45.9 Å². The average molecular weight is 368 g/mol. The zero-order valence-electron chi connectivity index (χ0n) is 12.3. The van der Waals surface area contributed by atoms with Crippen molar-refractivity contribution in [2.75, 3.05) is 20.0 Å². The molecule has 0 saturated heterocycles. The average Bonchev–Trinajstić information content (AvgIpc) is 2.48. The van der Waals surface area contributed by atoms with Gasteiger partial charge in [0.15, 0.2) is 0 Å². The SMILES string of the molecule is COc1cc(CSc2cc(C)ccc2N)c(OC)cc1Br. The predicted octanol–water partition coefficient (Wildman–Crippen LogP) is 4.65. The van der Waals surface area contributed by atoms with Crippen LogP contribution in [0.3, 0.4) is 0 Å². The zero-order valence-corrected chi connectivity index (χ0v) is 14.7. The van der Waals surface area contributed by atoms with Gasteiger partial charge in [0.2, 0.25) is 0 Å². The van der Waals surface area contributed by atoms with E-state index in [1.165, 1.54) is 5.56 Å². The number of thioether (sulfide) groups is 1. The zero-order chi connectivity index (χ0) is 15.4. The number of ether oxygens (including phenoxy) is 2. The van der Waals surface area contributed by atoms with Gasteiger partial charge in [-0.15, -0.1) is 11.8 Å². The Balaban J connectivity index is 2.24. The topological polar surface area (TPSA) is 44.5 Å². The fraction of sp³-hybridized carbons (Fsp3) is 0.250. The highest BCUT2D eigenvalue weighted by atomic mass is 79.9. The summed E-state index contributed by atoms with van der Waals surface area (Å²) in [5.41, 5.74) is 9.09. The predicted molar refractivity (Wildman–Crippen MR) is 92.4 cm³/mol. The minimum Gasteiger partial charge on any atom is -0.496 e. The molecule has 3 nitrogen and oxygen atoms in total. The first kappa shape index (κ1) is 16.0. The maximum absolute atomic E-state index is 6.02. The Morgan fingerprint density at radius 3 is 2.48 bits per heavy atom. The summed E-state index contributed by atoms with van der Waals surface area (Å²) in [7, 11) is 3.32. The second-order valence-corrected chi connectivity index (χ2v) is 6.50. The van der Waals surface area contributed by atoms with E-state index in [0.29, 0.717) is 0 Å². The van der Waals surface area contributed by atoms with Crippen molar-refractivity contribution < 1.29 is 9.47 Å². The first-order chi connectivity index (χ1) is 10.0. The molecule has 2 N–H and O–H groups in total. The van der Waals surface area contributed by atoms with Crippen LogP contribution in [0.15, 0.2) is 39.7 Å². The van der Waals surface area contributed by atoms with Gasteiger partial charge in [0, 0.05) is 21.9 Å². The largest absolute Gasteiger partial charge is 0.496 e. The van der Waals surface area contributed by atoms with E-state index in [2.05, 4.69) is 28.9 Å². The molecular weight excluding hydrogens is 350 g/mol. The van der Waals surface area contributed by atoms with Crippen LogP contribution in [0.1, 0.15) is 11.1 Å². The molecule has 2 rings (SSSR count). The first-order valence-corrected chi connectivity index (χ1v) is 8.22. The third-order valence-electron chi connectivity index (χ3n) is 3.11. The summed E-state index contributed by atoms with van der Waals surface area (Å²) in [6, 6.07) is 9.97. The van der Waals surface area contributed by atoms with E-state index in [-0.39, 0.29) is 0 Å². The molecule has 0 heterocycles. The highest BCUT2D eigenvalue weighted by Gasteiger charge is 2.11. The van der Waals surface area contributed by atoms with Gasteiger partial charge >= 0.3 is 0 Å². The van der Waals surface area contributed by atoms with Crippen molar-refractivity contribution in [2.24, 2.45) is 0 Å². The van der Waals surface area contributed by atoms with Crippen LogP contribution in [0.4, 0.5) is 5.69 Å². The molecule has 0 aromatic heterocycles. The number of methoxy groups -OCH3 is 2. The summed E-state index contributed by atoms with van der Waals surface area (Å²) in [4.78, 5) is 1.08. The van der Waals surface area contributed by atoms with E-state index in [9.17, 15) is 0 Å². The summed E-state index contributed by atoms with van der Waals surface area (Å²) in [5.74, 6) is 2.39. The van der Waals surface area contributed by atoms with Crippen molar-refractivity contribution in [2.45, 2.75) is 17.6 Å². The Hall–Kier alpha value is -1.33. The molecule has 0 aliphatic heterocycles. The highest BCUT2D eigenvalue weighted by molar-refractivity contribution is 9.10. The lowest BCUT2D eigenvalue weighted by molar-refractivity contribution is 0.398. The summed E-state index contributed by atoms with van der Waals surface area (Å²) in [5, 5.41) is 0. The summed E-state index contributed by atoms with van der Waals surface area (Å²) >= 11 is 5.16. The second kappa shape index (κ2) is 7.09. The summed E-state index contributed by atoms with van der Waals surface area (Å²) in [6.07, 6.45) is 0. The molecule has 0 fully saturated rings. The third kappa shape index (κ3) is 3.86. The molecular formula is C16H18BrNO2S. The van der Waals surface area contributed by atoms with E-state index in [1.54, 1.807) is 26.0 Å². The number of rotatable bonds is 5. The summed E-state index contributed by atoms with van der Waals surface area (Å²) in [6.45, 7) is 2.06. The lowest BCUT2D eigenvalue weighted by atomic mass is 10.2. The van der Waals surface area contributed by atoms with Crippen LogP contribution >= 0.6 is 27.7 Å². The molecule has 112 valence electrons. The van der Waals surface area contributed by atoms with Gasteiger partial charge in [-0.05, 0) is 52.7 Å². The molecule has 0 bridgehead atoms. The maximum atomic E-state index is 6.02. The minimum absolute atomic E-state index is 0.764. The molecule has 5 heteroatoms. The summed E-state index contributed by atoms with van der Waals surface area (Å²) < 4.78 is 11.7. The van der Waals surface area contributed by atoms with Crippen molar-refractivity contribution in [3.63, 3.8) is 0 Å². The molecule has 0 unspecified atom stereocenters. The Morgan fingerprint density at radius 1 is 1.10 bits per heavy atom. The van der Waals surface area contributed by atoms with E-state index in [0.717, 1.165) is 37.9 Å². The van der Waals surface area contributed by atoms with E-state index < -0.39 is 0 Å². The van der Waals surface area contributed by atoms with Crippen molar-refractivity contribution in [3.8, 4) is 11.5 Å². The van der Waals surface area contributed by atoms with Gasteiger partial charge in [0.05, 0.1) is 18.7 Å². The standard InChI is InChI=1S/C16H18BrNO2S/c1-10-4-5-13(18)16(6-10)21-9-11-7-15(20-3)12(17)8-14(11)19-2/h4-8H,9,18H2,1-3H3. The number of nitrogens with two attached hydrogens (primary N) is 1. The molecule has 0 aliphatic carbocycles. The normalized spacial score (nSPS) is 10.5. The van der Waals surface area contributed by atoms with Gasteiger partial charge in [0.25, 0.3) is 0 Å². The van der Waals surface area contributed by atoms with Gasteiger partial charge in [-0.25, -0.2) is 0 Å². The monoisotopic (exact) mass is 367 g/mol. The molecule has 0 amide bonds. The van der Waals surface area contributed by atoms with Crippen LogP contribution in [-0.4, -0.2) is 14.2 Å². The van der Waals surface area contributed by atoms with E-state index in [4.69, 9.17) is 15.2 Å². The van der Waals surface area contributed by atoms with Crippen LogP contribution in [-0.2, 0) is 5.75 Å². The van der Waals surface area contributed by atoms with Gasteiger partial charge in [-0.2, -0.15) is 0 Å². The Morgan fingerprint density at radius 2 is 1.81 bits per heavy atom. The molecule has 0 atom stereocenters. The van der Waals surface area contributed by atoms with Crippen LogP contribution in [0.5, 0.6) is 11.5 Å². The Bertz CT molecular complexity index is 646. The lowest BCUT2D eigenvalue weighted by Gasteiger charge is -2.13. The molecule has 0 saturated carbocycles. The van der Waals surface area contributed by atoms with Gasteiger partial charge < -0.3 is 15.2 Å². The molecule has 21 heavy (non-hydrogen) atoms. The fourth-order valence-corrected chi connectivity index (χ4v) is 3.48. The van der Waals surface area contributed by atoms with Gasteiger partial charge in [-0.1, -0.05) is 6.07 Å². The third-order valence-corrected chi connectivity index (χ3v) is 4.85. The number of anilines is 1. The number of aryl methyl sites for hydroxylation is 1. The van der Waals surface area contributed by atoms with Crippen LogP contribution in [0, 0.1) is 6.92 Å². The minimum atomic E-state index is 0.764. The second-order valence-electron chi connectivity index (χ2n) is 4.63. The Labute approximate surface area is 138 Å². The van der Waals surface area contributed by atoms with Gasteiger partial charge in [-0.3, -0.25) is 0 Å². The number of nitrogen functional groups attached to an aromatic ring is 1. The van der Waals surface area contributed by atoms with E-state index >= 15 is 0 Å². The van der Waals surface area contributed by atoms with Crippen molar-refractivity contribution in [1.29, 1.82) is 0 Å². The van der Waals surface area contributed by atoms with E-state index in [1.807, 2.05) is 24.3 Å². The van der Waals surface area contributed by atoms with Crippen LogP contribution in [0.25, 0.3) is 0 Å². The maximum Gasteiger partial charge on any atom is 0.133 e.